The van der Waals surface area contributed by atoms with Crippen molar-refractivity contribution in [2.75, 3.05) is 4.90 Å². The Bertz CT molecular complexity index is 2830. The zero-order chi connectivity index (χ0) is 32.3. The van der Waals surface area contributed by atoms with Crippen molar-refractivity contribution in [1.29, 1.82) is 0 Å². The molecule has 10 rings (SSSR count). The Labute approximate surface area is 281 Å². The Morgan fingerprint density at radius 3 is 1.71 bits per heavy atom. The molecule has 0 atom stereocenters. The average Bonchev–Trinajstić information content (AvgIpc) is 3.75. The van der Waals surface area contributed by atoms with E-state index >= 15 is 0 Å². The van der Waals surface area contributed by atoms with Gasteiger partial charge in [0.15, 0.2) is 11.4 Å². The molecule has 5 heteroatoms. The summed E-state index contributed by atoms with van der Waals surface area (Å²) in [6, 6.07) is 52.3. The highest BCUT2D eigenvalue weighted by atomic mass is 16.3. The van der Waals surface area contributed by atoms with Crippen LogP contribution >= 0.6 is 0 Å². The molecule has 7 aromatic carbocycles. The van der Waals surface area contributed by atoms with Crippen LogP contribution in [0, 0.1) is 0 Å². The Balaban J connectivity index is 1.07. The summed E-state index contributed by atoms with van der Waals surface area (Å²) in [5.41, 5.74) is 9.28. The molecule has 0 bridgehead atoms. The molecule has 0 aliphatic rings. The lowest BCUT2D eigenvalue weighted by atomic mass is 10.0. The van der Waals surface area contributed by atoms with Gasteiger partial charge in [0, 0.05) is 50.6 Å². The van der Waals surface area contributed by atoms with Gasteiger partial charge in [-0.25, -0.2) is 9.97 Å². The molecule has 0 aliphatic heterocycles. The molecule has 3 heterocycles. The van der Waals surface area contributed by atoms with Gasteiger partial charge >= 0.3 is 0 Å². The fourth-order valence-electron chi connectivity index (χ4n) is 7.06. The Kier molecular flexibility index (Phi) is 6.11. The first-order valence-corrected chi connectivity index (χ1v) is 16.3. The molecule has 0 spiro atoms. The Morgan fingerprint density at radius 2 is 0.959 bits per heavy atom. The van der Waals surface area contributed by atoms with E-state index in [-0.39, 0.29) is 0 Å². The Hall–Kier alpha value is -6.72. The van der Waals surface area contributed by atoms with Gasteiger partial charge in [-0.3, -0.25) is 0 Å². The number of aromatic nitrogens is 2. The van der Waals surface area contributed by atoms with Gasteiger partial charge in [-0.05, 0) is 53.4 Å². The summed E-state index contributed by atoms with van der Waals surface area (Å²) < 4.78 is 12.8. The van der Waals surface area contributed by atoms with Crippen molar-refractivity contribution >= 4 is 71.7 Å². The molecule has 0 amide bonds. The molecular weight excluding hydrogens is 603 g/mol. The van der Waals surface area contributed by atoms with Crippen LogP contribution in [-0.2, 0) is 0 Å². The van der Waals surface area contributed by atoms with Crippen molar-refractivity contribution in [3.63, 3.8) is 0 Å². The van der Waals surface area contributed by atoms with Gasteiger partial charge in [0.2, 0.25) is 0 Å². The third-order valence-corrected chi connectivity index (χ3v) is 9.39. The van der Waals surface area contributed by atoms with Gasteiger partial charge in [-0.15, -0.1) is 0 Å². The van der Waals surface area contributed by atoms with Crippen LogP contribution in [0.5, 0.6) is 0 Å². The van der Waals surface area contributed by atoms with Gasteiger partial charge in [-0.1, -0.05) is 109 Å². The number of para-hydroxylation sites is 4. The Morgan fingerprint density at radius 1 is 0.408 bits per heavy atom. The van der Waals surface area contributed by atoms with Gasteiger partial charge in [-0.2, -0.15) is 0 Å². The fraction of sp³-hybridized carbons (Fsp3) is 0. The summed E-state index contributed by atoms with van der Waals surface area (Å²) in [6.45, 7) is 0. The van der Waals surface area contributed by atoms with E-state index in [0.717, 1.165) is 83.0 Å². The van der Waals surface area contributed by atoms with E-state index in [1.807, 2.05) is 54.9 Å². The number of hydrogen-bond donors (Lipinski definition) is 0. The van der Waals surface area contributed by atoms with Crippen molar-refractivity contribution in [2.45, 2.75) is 0 Å². The number of benzene rings is 7. The normalized spacial score (nSPS) is 11.7. The lowest BCUT2D eigenvalue weighted by molar-refractivity contribution is 0.669. The third-order valence-electron chi connectivity index (χ3n) is 9.39. The van der Waals surface area contributed by atoms with Crippen LogP contribution in [0.25, 0.3) is 77.2 Å². The van der Waals surface area contributed by atoms with Gasteiger partial charge in [0.25, 0.3) is 0 Å². The molecule has 3 aromatic heterocycles. The van der Waals surface area contributed by atoms with Crippen LogP contribution < -0.4 is 4.90 Å². The van der Waals surface area contributed by atoms with Crippen LogP contribution in [0.15, 0.2) is 173 Å². The highest BCUT2D eigenvalue weighted by Gasteiger charge is 2.21. The quantitative estimate of drug-likeness (QED) is 0.190. The second-order valence-electron chi connectivity index (χ2n) is 12.2. The summed E-state index contributed by atoms with van der Waals surface area (Å²) in [7, 11) is 0. The minimum atomic E-state index is 0.631. The number of nitrogens with zero attached hydrogens (tertiary/aromatic N) is 3. The maximum absolute atomic E-state index is 6.54. The first kappa shape index (κ1) is 27.4. The van der Waals surface area contributed by atoms with E-state index in [4.69, 9.17) is 18.8 Å². The van der Waals surface area contributed by atoms with Gasteiger partial charge in [0.05, 0.1) is 16.9 Å². The third kappa shape index (κ3) is 4.40. The van der Waals surface area contributed by atoms with Crippen molar-refractivity contribution < 1.29 is 8.83 Å². The first-order valence-electron chi connectivity index (χ1n) is 16.3. The predicted molar refractivity (Wildman–Crippen MR) is 200 cm³/mol. The summed E-state index contributed by atoms with van der Waals surface area (Å²) in [4.78, 5) is 11.9. The average molecular weight is 630 g/mol. The fourth-order valence-corrected chi connectivity index (χ4v) is 7.06. The molecule has 0 aliphatic carbocycles. The molecule has 0 saturated heterocycles. The van der Waals surface area contributed by atoms with Crippen molar-refractivity contribution in [3.05, 3.63) is 164 Å². The lowest BCUT2D eigenvalue weighted by Gasteiger charge is -2.27. The number of rotatable bonds is 5. The molecule has 0 fully saturated rings. The van der Waals surface area contributed by atoms with Crippen molar-refractivity contribution in [1.82, 2.24) is 9.97 Å². The first-order chi connectivity index (χ1) is 24.3. The van der Waals surface area contributed by atoms with Crippen LogP contribution in [0.1, 0.15) is 0 Å². The van der Waals surface area contributed by atoms with E-state index in [0.29, 0.717) is 5.82 Å². The zero-order valence-corrected chi connectivity index (χ0v) is 26.2. The van der Waals surface area contributed by atoms with Crippen LogP contribution in [0.3, 0.4) is 0 Å². The number of hydrogen-bond acceptors (Lipinski definition) is 5. The topological polar surface area (TPSA) is 55.3 Å². The highest BCUT2D eigenvalue weighted by molar-refractivity contribution is 6.12. The molecule has 0 radical (unpaired) electrons. The largest absolute Gasteiger partial charge is 0.455 e. The highest BCUT2D eigenvalue weighted by Crippen LogP contribution is 2.44. The summed E-state index contributed by atoms with van der Waals surface area (Å²) >= 11 is 0. The molecule has 0 N–H and O–H groups in total. The van der Waals surface area contributed by atoms with Crippen LogP contribution in [0.4, 0.5) is 17.1 Å². The summed E-state index contributed by atoms with van der Waals surface area (Å²) in [5, 5.41) is 6.67. The molecular formula is C44H27N3O2. The number of fused-ring (bicyclic) bond motifs is 7. The standard InChI is InChI=1S/C44H27N3O2/c1-2-12-32-29(10-1)11-7-18-38(32)47(39-19-9-16-36-34-14-4-6-21-41(34)49-43(36)39)31-24-22-28(23-25-31)30-26-45-44(46-27-30)37-17-8-15-35-33-13-3-5-20-40(33)48-42(35)37/h1-27H. The number of anilines is 3. The SMILES string of the molecule is c1ccc2c(N(c3ccc(-c4cnc(-c5cccc6c5oc5ccccc56)nc4)cc3)c3cccc4c3oc3ccccc34)cccc2c1. The van der Waals surface area contributed by atoms with Crippen LogP contribution in [-0.4, -0.2) is 9.97 Å². The van der Waals surface area contributed by atoms with Gasteiger partial charge in [0.1, 0.15) is 16.7 Å². The minimum absolute atomic E-state index is 0.631. The van der Waals surface area contributed by atoms with E-state index < -0.39 is 0 Å². The minimum Gasteiger partial charge on any atom is -0.455 e. The summed E-state index contributed by atoms with van der Waals surface area (Å²) in [6.07, 6.45) is 3.77. The molecule has 0 unspecified atom stereocenters. The van der Waals surface area contributed by atoms with Gasteiger partial charge < -0.3 is 13.7 Å². The molecule has 49 heavy (non-hydrogen) atoms. The van der Waals surface area contributed by atoms with E-state index in [1.165, 1.54) is 5.39 Å². The summed E-state index contributed by atoms with van der Waals surface area (Å²) in [5.74, 6) is 0.631. The second kappa shape index (κ2) is 10.9. The molecule has 0 saturated carbocycles. The van der Waals surface area contributed by atoms with E-state index in [9.17, 15) is 0 Å². The van der Waals surface area contributed by atoms with E-state index in [2.05, 4.69) is 114 Å². The van der Waals surface area contributed by atoms with E-state index in [1.54, 1.807) is 0 Å². The van der Waals surface area contributed by atoms with Crippen molar-refractivity contribution in [2.24, 2.45) is 0 Å². The second-order valence-corrected chi connectivity index (χ2v) is 12.2. The maximum Gasteiger partial charge on any atom is 0.162 e. The maximum atomic E-state index is 6.54. The zero-order valence-electron chi connectivity index (χ0n) is 26.2. The molecule has 10 aromatic rings. The smallest absolute Gasteiger partial charge is 0.162 e. The van der Waals surface area contributed by atoms with Crippen LogP contribution in [0.2, 0.25) is 0 Å². The predicted octanol–water partition coefficient (Wildman–Crippen LogP) is 12.2. The molecule has 230 valence electrons. The number of furan rings is 2. The van der Waals surface area contributed by atoms with Crippen molar-refractivity contribution in [3.8, 4) is 22.5 Å². The lowest BCUT2D eigenvalue weighted by Crippen LogP contribution is -2.10. The monoisotopic (exact) mass is 629 g/mol. The molecule has 5 nitrogen and oxygen atoms in total.